The Kier molecular flexibility index (Phi) is 5.53. The third-order valence-corrected chi connectivity index (χ3v) is 9.54. The monoisotopic (exact) mass is 470 g/mol. The van der Waals surface area contributed by atoms with E-state index in [0.717, 1.165) is 42.5 Å². The van der Waals surface area contributed by atoms with Crippen molar-refractivity contribution >= 4 is 43.6 Å². The van der Waals surface area contributed by atoms with Crippen molar-refractivity contribution in [1.29, 1.82) is 0 Å². The first-order valence-electron chi connectivity index (χ1n) is 11.2. The van der Waals surface area contributed by atoms with Crippen LogP contribution in [0.5, 0.6) is 0 Å². The maximum absolute atomic E-state index is 13.3. The van der Waals surface area contributed by atoms with Gasteiger partial charge in [-0.25, -0.2) is 13.4 Å². The number of allylic oxidation sites excluding steroid dienone is 1. The van der Waals surface area contributed by atoms with Crippen molar-refractivity contribution in [2.24, 2.45) is 5.92 Å². The number of aromatic nitrogens is 1. The fraction of sp³-hybridized carbons (Fsp3) is 0.458. The van der Waals surface area contributed by atoms with Gasteiger partial charge in [-0.15, -0.1) is 11.3 Å². The van der Waals surface area contributed by atoms with Gasteiger partial charge in [0.2, 0.25) is 0 Å². The van der Waals surface area contributed by atoms with E-state index in [1.165, 1.54) is 11.3 Å². The highest BCUT2D eigenvalue weighted by molar-refractivity contribution is 7.92. The average Bonchev–Trinajstić information content (AvgIpc) is 3.68. The van der Waals surface area contributed by atoms with Gasteiger partial charge in [-0.2, -0.15) is 0 Å². The number of aryl methyl sites for hydroxylation is 1. The standard InChI is InChI=1S/C24H26N2O4S2/c1-14-13-25-24(31-14)26-23(28)21(11-15-2-6-18(27)10-15)17-5-9-22(20(12-17)16-3-4-16)32(29,30)19-7-8-19/h5,9,11-13,15-16,19H,2-4,6-8,10H2,1H3,(H,25,26,28)/b21-11+/t15-/m0/s1. The van der Waals surface area contributed by atoms with Gasteiger partial charge in [0.1, 0.15) is 5.78 Å². The molecule has 1 heterocycles. The van der Waals surface area contributed by atoms with E-state index in [2.05, 4.69) is 10.3 Å². The molecule has 32 heavy (non-hydrogen) atoms. The number of rotatable bonds is 7. The van der Waals surface area contributed by atoms with Crippen LogP contribution in [-0.2, 0) is 19.4 Å². The first kappa shape index (κ1) is 21.5. The van der Waals surface area contributed by atoms with Crippen LogP contribution in [0, 0.1) is 12.8 Å². The molecule has 6 nitrogen and oxygen atoms in total. The number of hydrogen-bond donors (Lipinski definition) is 1. The third-order valence-electron chi connectivity index (χ3n) is 6.38. The number of carbonyl (C=O) groups is 2. The Morgan fingerprint density at radius 2 is 1.97 bits per heavy atom. The third kappa shape index (κ3) is 4.43. The maximum Gasteiger partial charge on any atom is 0.257 e. The van der Waals surface area contributed by atoms with E-state index in [-0.39, 0.29) is 28.8 Å². The number of Topliss-reactive ketones (excluding diaryl/α,β-unsaturated/α-hetero) is 1. The molecule has 8 heteroatoms. The second kappa shape index (κ2) is 8.23. The number of anilines is 1. The zero-order valence-corrected chi connectivity index (χ0v) is 19.6. The van der Waals surface area contributed by atoms with Crippen LogP contribution in [0.25, 0.3) is 5.57 Å². The topological polar surface area (TPSA) is 93.2 Å². The van der Waals surface area contributed by atoms with Crippen LogP contribution in [0.1, 0.15) is 66.9 Å². The Labute approximate surface area is 192 Å². The number of nitrogens with one attached hydrogen (secondary N) is 1. The molecule has 1 aromatic heterocycles. The van der Waals surface area contributed by atoms with Crippen LogP contribution in [-0.4, -0.2) is 30.3 Å². The number of sulfone groups is 1. The number of amides is 1. The fourth-order valence-electron chi connectivity index (χ4n) is 4.35. The molecule has 3 fully saturated rings. The van der Waals surface area contributed by atoms with Gasteiger partial charge in [-0.05, 0) is 74.1 Å². The van der Waals surface area contributed by atoms with E-state index < -0.39 is 9.84 Å². The first-order chi connectivity index (χ1) is 15.3. The number of thiazole rings is 1. The molecule has 2 aromatic rings. The summed E-state index contributed by atoms with van der Waals surface area (Å²) in [5.74, 6) is 0.183. The highest BCUT2D eigenvalue weighted by atomic mass is 32.2. The van der Waals surface area contributed by atoms with Gasteiger partial charge < -0.3 is 0 Å². The minimum Gasteiger partial charge on any atom is -0.300 e. The number of nitrogens with zero attached hydrogens (tertiary/aromatic N) is 1. The zero-order chi connectivity index (χ0) is 22.5. The van der Waals surface area contributed by atoms with E-state index in [4.69, 9.17) is 0 Å². The molecule has 3 saturated carbocycles. The van der Waals surface area contributed by atoms with Crippen LogP contribution >= 0.6 is 11.3 Å². The van der Waals surface area contributed by atoms with Crippen molar-refractivity contribution in [2.45, 2.75) is 67.9 Å². The van der Waals surface area contributed by atoms with Crippen LogP contribution in [0.4, 0.5) is 5.13 Å². The number of benzene rings is 1. The van der Waals surface area contributed by atoms with E-state index in [1.54, 1.807) is 18.3 Å². The maximum atomic E-state index is 13.3. The van der Waals surface area contributed by atoms with Gasteiger partial charge in [0, 0.05) is 29.5 Å². The van der Waals surface area contributed by atoms with Crippen molar-refractivity contribution in [3.8, 4) is 0 Å². The van der Waals surface area contributed by atoms with Gasteiger partial charge in [0.25, 0.3) is 5.91 Å². The Morgan fingerprint density at radius 1 is 1.19 bits per heavy atom. The summed E-state index contributed by atoms with van der Waals surface area (Å²) < 4.78 is 26.0. The minimum absolute atomic E-state index is 0.0144. The molecule has 1 N–H and O–H groups in total. The summed E-state index contributed by atoms with van der Waals surface area (Å²) >= 11 is 1.40. The summed E-state index contributed by atoms with van der Waals surface area (Å²) in [5.41, 5.74) is 2.02. The van der Waals surface area contributed by atoms with Gasteiger partial charge >= 0.3 is 0 Å². The molecule has 0 bridgehead atoms. The lowest BCUT2D eigenvalue weighted by molar-refractivity contribution is -0.117. The van der Waals surface area contributed by atoms with Crippen LogP contribution in [0.2, 0.25) is 0 Å². The van der Waals surface area contributed by atoms with E-state index in [9.17, 15) is 18.0 Å². The molecule has 1 amide bonds. The first-order valence-corrected chi connectivity index (χ1v) is 13.5. The predicted molar refractivity (Wildman–Crippen MR) is 124 cm³/mol. The lowest BCUT2D eigenvalue weighted by Crippen LogP contribution is -2.15. The molecule has 1 atom stereocenters. The molecule has 1 aromatic carbocycles. The van der Waals surface area contributed by atoms with Crippen molar-refractivity contribution in [1.82, 2.24) is 4.98 Å². The summed E-state index contributed by atoms with van der Waals surface area (Å²) in [5, 5.41) is 3.14. The van der Waals surface area contributed by atoms with Gasteiger partial charge in [-0.3, -0.25) is 14.9 Å². The molecule has 0 unspecified atom stereocenters. The van der Waals surface area contributed by atoms with Crippen LogP contribution in [0.15, 0.2) is 35.4 Å². The fourth-order valence-corrected chi connectivity index (χ4v) is 6.93. The highest BCUT2D eigenvalue weighted by Gasteiger charge is 2.40. The molecule has 0 radical (unpaired) electrons. The number of ketones is 1. The normalized spacial score (nSPS) is 21.7. The quantitative estimate of drug-likeness (QED) is 0.594. The number of carbonyl (C=O) groups excluding carboxylic acids is 2. The SMILES string of the molecule is Cc1cnc(NC(=O)/C(=C/[C@H]2CCC(=O)C2)c2ccc(S(=O)(=O)C3CC3)c(C3CC3)c2)s1. The molecule has 0 spiro atoms. The Bertz CT molecular complexity index is 1220. The van der Waals surface area contributed by atoms with Crippen molar-refractivity contribution in [3.63, 3.8) is 0 Å². The lowest BCUT2D eigenvalue weighted by atomic mass is 9.96. The summed E-state index contributed by atoms with van der Waals surface area (Å²) in [6.07, 6.45) is 8.70. The highest BCUT2D eigenvalue weighted by Crippen LogP contribution is 2.46. The second-order valence-corrected chi connectivity index (χ2v) is 12.6. The Morgan fingerprint density at radius 3 is 2.56 bits per heavy atom. The van der Waals surface area contributed by atoms with Crippen LogP contribution in [0.3, 0.4) is 0 Å². The summed E-state index contributed by atoms with van der Waals surface area (Å²) in [4.78, 5) is 30.7. The molecule has 5 rings (SSSR count). The number of hydrogen-bond acceptors (Lipinski definition) is 6. The van der Waals surface area contributed by atoms with Crippen molar-refractivity contribution in [2.75, 3.05) is 5.32 Å². The Hall–Kier alpha value is -2.32. The summed E-state index contributed by atoms with van der Waals surface area (Å²) in [6, 6.07) is 5.32. The second-order valence-electron chi connectivity index (χ2n) is 9.12. The smallest absolute Gasteiger partial charge is 0.257 e. The lowest BCUT2D eigenvalue weighted by Gasteiger charge is -2.15. The van der Waals surface area contributed by atoms with E-state index >= 15 is 0 Å². The molecular formula is C24H26N2O4S2. The van der Waals surface area contributed by atoms with Crippen molar-refractivity contribution in [3.05, 3.63) is 46.5 Å². The summed E-state index contributed by atoms with van der Waals surface area (Å²) in [7, 11) is -3.31. The molecule has 0 saturated heterocycles. The summed E-state index contributed by atoms with van der Waals surface area (Å²) in [6.45, 7) is 1.93. The average molecular weight is 471 g/mol. The largest absolute Gasteiger partial charge is 0.300 e. The zero-order valence-electron chi connectivity index (χ0n) is 18.0. The Balaban J connectivity index is 1.53. The molecular weight excluding hydrogens is 444 g/mol. The predicted octanol–water partition coefficient (Wildman–Crippen LogP) is 4.66. The molecule has 3 aliphatic rings. The molecule has 168 valence electrons. The van der Waals surface area contributed by atoms with Gasteiger partial charge in [-0.1, -0.05) is 12.1 Å². The molecule has 0 aliphatic heterocycles. The van der Waals surface area contributed by atoms with Gasteiger partial charge in [0.05, 0.1) is 10.1 Å². The van der Waals surface area contributed by atoms with Gasteiger partial charge in [0.15, 0.2) is 15.0 Å². The van der Waals surface area contributed by atoms with Crippen LogP contribution < -0.4 is 5.32 Å². The molecule has 3 aliphatic carbocycles. The van der Waals surface area contributed by atoms with E-state index in [1.807, 2.05) is 19.1 Å². The van der Waals surface area contributed by atoms with Crippen molar-refractivity contribution < 1.29 is 18.0 Å². The minimum atomic E-state index is -3.31. The van der Waals surface area contributed by atoms with E-state index in [0.29, 0.717) is 34.0 Å².